The Bertz CT molecular complexity index is 220. The molecular formula is C9H17NO6. The van der Waals surface area contributed by atoms with E-state index in [1.165, 1.54) is 14.2 Å². The van der Waals surface area contributed by atoms with Gasteiger partial charge in [0.1, 0.15) is 6.61 Å². The molecule has 7 nitrogen and oxygen atoms in total. The molecule has 0 aromatic heterocycles. The molecular weight excluding hydrogens is 218 g/mol. The van der Waals surface area contributed by atoms with Gasteiger partial charge in [-0.05, 0) is 0 Å². The van der Waals surface area contributed by atoms with E-state index in [-0.39, 0.29) is 13.2 Å². The number of aliphatic hydroxyl groups is 1. The molecule has 16 heavy (non-hydrogen) atoms. The van der Waals surface area contributed by atoms with Crippen LogP contribution in [0.15, 0.2) is 0 Å². The second kappa shape index (κ2) is 9.08. The first-order valence-corrected chi connectivity index (χ1v) is 4.70. The quantitative estimate of drug-likeness (QED) is 0.385. The van der Waals surface area contributed by atoms with Gasteiger partial charge in [-0.3, -0.25) is 4.79 Å². The maximum Gasteiger partial charge on any atom is 0.330 e. The normalized spacial score (nSPS) is 11.9. The number of aliphatic hydroxyl groups excluding tert-OH is 1. The second-order valence-corrected chi connectivity index (χ2v) is 2.87. The molecule has 0 saturated heterocycles. The van der Waals surface area contributed by atoms with Crippen molar-refractivity contribution in [2.24, 2.45) is 0 Å². The zero-order chi connectivity index (χ0) is 12.4. The van der Waals surface area contributed by atoms with Crippen molar-refractivity contribution in [3.8, 4) is 0 Å². The highest BCUT2D eigenvalue weighted by atomic mass is 16.5. The highest BCUT2D eigenvalue weighted by Crippen LogP contribution is 1.87. The summed E-state index contributed by atoms with van der Waals surface area (Å²) >= 11 is 0. The Morgan fingerprint density at radius 3 is 2.50 bits per heavy atom. The SMILES string of the molecule is COCCOCC(=O)NC(CO)C(=O)OC. The van der Waals surface area contributed by atoms with Crippen LogP contribution in [-0.2, 0) is 23.8 Å². The molecule has 0 fully saturated rings. The Morgan fingerprint density at radius 1 is 1.31 bits per heavy atom. The third kappa shape index (κ3) is 6.33. The summed E-state index contributed by atoms with van der Waals surface area (Å²) in [5.74, 6) is -1.20. The van der Waals surface area contributed by atoms with Gasteiger partial charge >= 0.3 is 5.97 Å². The molecule has 0 aromatic carbocycles. The summed E-state index contributed by atoms with van der Waals surface area (Å²) in [4.78, 5) is 22.2. The molecule has 2 N–H and O–H groups in total. The average Bonchev–Trinajstić information content (AvgIpc) is 2.30. The molecule has 0 saturated carbocycles. The van der Waals surface area contributed by atoms with Crippen molar-refractivity contribution in [2.75, 3.05) is 40.6 Å². The molecule has 0 aliphatic rings. The van der Waals surface area contributed by atoms with Gasteiger partial charge < -0.3 is 24.6 Å². The van der Waals surface area contributed by atoms with Gasteiger partial charge in [-0.1, -0.05) is 0 Å². The van der Waals surface area contributed by atoms with Gasteiger partial charge in [0.25, 0.3) is 0 Å². The van der Waals surface area contributed by atoms with E-state index >= 15 is 0 Å². The van der Waals surface area contributed by atoms with Gasteiger partial charge in [-0.15, -0.1) is 0 Å². The smallest absolute Gasteiger partial charge is 0.330 e. The molecule has 1 atom stereocenters. The molecule has 0 radical (unpaired) electrons. The van der Waals surface area contributed by atoms with Crippen molar-refractivity contribution < 1.29 is 28.9 Å². The first-order valence-electron chi connectivity index (χ1n) is 4.70. The van der Waals surface area contributed by atoms with Crippen molar-refractivity contribution in [2.45, 2.75) is 6.04 Å². The number of ether oxygens (including phenoxy) is 3. The lowest BCUT2D eigenvalue weighted by Gasteiger charge is -2.13. The summed E-state index contributed by atoms with van der Waals surface area (Å²) in [5.41, 5.74) is 0. The van der Waals surface area contributed by atoms with E-state index < -0.39 is 24.5 Å². The molecule has 0 aliphatic carbocycles. The van der Waals surface area contributed by atoms with E-state index in [0.29, 0.717) is 6.61 Å². The van der Waals surface area contributed by atoms with E-state index in [9.17, 15) is 9.59 Å². The van der Waals surface area contributed by atoms with Crippen LogP contribution < -0.4 is 5.32 Å². The standard InChI is InChI=1S/C9H17NO6/c1-14-3-4-16-6-8(12)10-7(5-11)9(13)15-2/h7,11H,3-6H2,1-2H3,(H,10,12). The lowest BCUT2D eigenvalue weighted by atomic mass is 10.3. The fraction of sp³-hybridized carbons (Fsp3) is 0.778. The maximum absolute atomic E-state index is 11.2. The summed E-state index contributed by atoms with van der Waals surface area (Å²) in [6, 6.07) is -1.05. The molecule has 0 bridgehead atoms. The number of nitrogens with one attached hydrogen (secondary N) is 1. The lowest BCUT2D eigenvalue weighted by Crippen LogP contribution is -2.45. The molecule has 0 aliphatic heterocycles. The number of hydrogen-bond acceptors (Lipinski definition) is 6. The first-order chi connectivity index (χ1) is 7.65. The van der Waals surface area contributed by atoms with E-state index in [0.717, 1.165) is 0 Å². The highest BCUT2D eigenvalue weighted by Gasteiger charge is 2.20. The molecule has 0 aromatic rings. The van der Waals surface area contributed by atoms with E-state index in [4.69, 9.17) is 14.6 Å². The number of rotatable bonds is 8. The van der Waals surface area contributed by atoms with Crippen LogP contribution in [0.2, 0.25) is 0 Å². The van der Waals surface area contributed by atoms with Crippen molar-refractivity contribution in [1.29, 1.82) is 0 Å². The molecule has 94 valence electrons. The zero-order valence-electron chi connectivity index (χ0n) is 9.39. The summed E-state index contributed by atoms with van der Waals surface area (Å²) in [5, 5.41) is 11.1. The Kier molecular flexibility index (Phi) is 8.41. The molecule has 0 rings (SSSR count). The highest BCUT2D eigenvalue weighted by molar-refractivity contribution is 5.85. The molecule has 0 spiro atoms. The predicted octanol–water partition coefficient (Wildman–Crippen LogP) is -1.70. The van der Waals surface area contributed by atoms with Crippen molar-refractivity contribution >= 4 is 11.9 Å². The van der Waals surface area contributed by atoms with Crippen LogP contribution in [0.4, 0.5) is 0 Å². The second-order valence-electron chi connectivity index (χ2n) is 2.87. The number of carbonyl (C=O) groups is 2. The molecule has 1 amide bonds. The van der Waals surface area contributed by atoms with Crippen molar-refractivity contribution in [1.82, 2.24) is 5.32 Å². The number of methoxy groups -OCH3 is 2. The Balaban J connectivity index is 3.79. The van der Waals surface area contributed by atoms with Crippen LogP contribution in [-0.4, -0.2) is 63.7 Å². The Morgan fingerprint density at radius 2 is 2.00 bits per heavy atom. The summed E-state index contributed by atoms with van der Waals surface area (Å²) in [6.07, 6.45) is 0. The van der Waals surface area contributed by atoms with Gasteiger partial charge in [0.05, 0.1) is 26.9 Å². The van der Waals surface area contributed by atoms with Gasteiger partial charge in [0.2, 0.25) is 5.91 Å². The van der Waals surface area contributed by atoms with Crippen LogP contribution in [0.3, 0.4) is 0 Å². The van der Waals surface area contributed by atoms with Crippen LogP contribution in [0.5, 0.6) is 0 Å². The fourth-order valence-electron chi connectivity index (χ4n) is 0.864. The van der Waals surface area contributed by atoms with E-state index in [1.54, 1.807) is 0 Å². The Hall–Kier alpha value is -1.18. The summed E-state index contributed by atoms with van der Waals surface area (Å²) in [6.45, 7) is -0.0486. The number of carbonyl (C=O) groups excluding carboxylic acids is 2. The summed E-state index contributed by atoms with van der Waals surface area (Å²) in [7, 11) is 2.69. The minimum absolute atomic E-state index is 0.198. The van der Waals surface area contributed by atoms with Crippen LogP contribution in [0.25, 0.3) is 0 Å². The minimum atomic E-state index is -1.05. The summed E-state index contributed by atoms with van der Waals surface area (Å²) < 4.78 is 14.0. The molecule has 7 heteroatoms. The van der Waals surface area contributed by atoms with Gasteiger partial charge in [0, 0.05) is 7.11 Å². The predicted molar refractivity (Wildman–Crippen MR) is 53.7 cm³/mol. The van der Waals surface area contributed by atoms with E-state index in [1.807, 2.05) is 0 Å². The van der Waals surface area contributed by atoms with Gasteiger partial charge in [-0.2, -0.15) is 0 Å². The largest absolute Gasteiger partial charge is 0.467 e. The van der Waals surface area contributed by atoms with Crippen LogP contribution >= 0.6 is 0 Å². The monoisotopic (exact) mass is 235 g/mol. The van der Waals surface area contributed by atoms with Crippen LogP contribution in [0.1, 0.15) is 0 Å². The topological polar surface area (TPSA) is 94.1 Å². The fourth-order valence-corrected chi connectivity index (χ4v) is 0.864. The number of hydrogen-bond donors (Lipinski definition) is 2. The van der Waals surface area contributed by atoms with E-state index in [2.05, 4.69) is 10.1 Å². The van der Waals surface area contributed by atoms with Gasteiger partial charge in [-0.25, -0.2) is 4.79 Å². The average molecular weight is 235 g/mol. The third-order valence-electron chi connectivity index (χ3n) is 1.67. The third-order valence-corrected chi connectivity index (χ3v) is 1.67. The zero-order valence-corrected chi connectivity index (χ0v) is 9.39. The first kappa shape index (κ1) is 14.8. The van der Waals surface area contributed by atoms with Gasteiger partial charge in [0.15, 0.2) is 6.04 Å². The lowest BCUT2D eigenvalue weighted by molar-refractivity contribution is -0.146. The van der Waals surface area contributed by atoms with Crippen LogP contribution in [0, 0.1) is 0 Å². The van der Waals surface area contributed by atoms with Crippen molar-refractivity contribution in [3.63, 3.8) is 0 Å². The molecule has 0 heterocycles. The number of amides is 1. The minimum Gasteiger partial charge on any atom is -0.467 e. The molecule has 1 unspecified atom stereocenters. The number of esters is 1. The van der Waals surface area contributed by atoms with Crippen molar-refractivity contribution in [3.05, 3.63) is 0 Å². The maximum atomic E-state index is 11.2. The Labute approximate surface area is 93.7 Å².